The number of ether oxygens (including phenoxy) is 2. The summed E-state index contributed by atoms with van der Waals surface area (Å²) in [7, 11) is 0. The average molecular weight is 444 g/mol. The zero-order chi connectivity index (χ0) is 22.0. The first-order chi connectivity index (χ1) is 14.8. The highest BCUT2D eigenvalue weighted by Gasteiger charge is 2.38. The smallest absolute Gasteiger partial charge is 0.321 e. The Balaban J connectivity index is 1.29. The van der Waals surface area contributed by atoms with Crippen molar-refractivity contribution in [3.8, 4) is 11.5 Å². The van der Waals surface area contributed by atoms with Gasteiger partial charge in [0.2, 0.25) is 12.7 Å². The zero-order valence-electron chi connectivity index (χ0n) is 17.7. The van der Waals surface area contributed by atoms with Crippen molar-refractivity contribution in [2.24, 2.45) is 5.41 Å². The summed E-state index contributed by atoms with van der Waals surface area (Å²) < 4.78 is 10.7. The fraction of sp³-hybridized carbons (Fsp3) is 0.391. The lowest BCUT2D eigenvalue weighted by molar-refractivity contribution is -0.132. The summed E-state index contributed by atoms with van der Waals surface area (Å²) in [6, 6.07) is 10.9. The van der Waals surface area contributed by atoms with Gasteiger partial charge in [-0.15, -0.1) is 0 Å². The number of amides is 3. The normalized spacial score (nSPS) is 16.7. The van der Waals surface area contributed by atoms with Gasteiger partial charge in [0.1, 0.15) is 0 Å². The van der Waals surface area contributed by atoms with E-state index in [2.05, 4.69) is 10.6 Å². The van der Waals surface area contributed by atoms with E-state index < -0.39 is 5.41 Å². The molecule has 0 bridgehead atoms. The number of carbonyl (C=O) groups is 2. The van der Waals surface area contributed by atoms with Gasteiger partial charge in [-0.3, -0.25) is 4.79 Å². The maximum Gasteiger partial charge on any atom is 0.321 e. The molecule has 0 spiro atoms. The Bertz CT molecular complexity index is 1000. The predicted octanol–water partition coefficient (Wildman–Crippen LogP) is 4.33. The third-order valence-corrected chi connectivity index (χ3v) is 6.27. The van der Waals surface area contributed by atoms with E-state index >= 15 is 0 Å². The molecule has 0 atom stereocenters. The molecule has 2 aliphatic rings. The zero-order valence-corrected chi connectivity index (χ0v) is 18.4. The van der Waals surface area contributed by atoms with Crippen LogP contribution in [-0.4, -0.2) is 36.7 Å². The summed E-state index contributed by atoms with van der Waals surface area (Å²) in [6.07, 6.45) is 1.20. The second kappa shape index (κ2) is 8.67. The monoisotopic (exact) mass is 443 g/mol. The van der Waals surface area contributed by atoms with E-state index in [1.807, 2.05) is 38.1 Å². The van der Waals surface area contributed by atoms with Crippen molar-refractivity contribution in [2.45, 2.75) is 33.2 Å². The number of hydrogen-bond acceptors (Lipinski definition) is 4. The molecule has 0 radical (unpaired) electrons. The first kappa shape index (κ1) is 21.3. The number of halogens is 1. The molecule has 7 nitrogen and oxygen atoms in total. The number of carbonyl (C=O) groups excluding carboxylic acids is 2. The molecule has 1 fully saturated rings. The number of hydrogen-bond donors (Lipinski definition) is 2. The van der Waals surface area contributed by atoms with Crippen molar-refractivity contribution < 1.29 is 19.1 Å². The minimum absolute atomic E-state index is 0.00379. The van der Waals surface area contributed by atoms with Crippen LogP contribution in [0, 0.1) is 12.3 Å². The number of aryl methyl sites for hydroxylation is 1. The molecule has 2 aliphatic heterocycles. The Morgan fingerprint density at radius 2 is 1.84 bits per heavy atom. The van der Waals surface area contributed by atoms with Crippen molar-refractivity contribution in [3.05, 3.63) is 52.5 Å². The first-order valence-electron chi connectivity index (χ1n) is 10.3. The van der Waals surface area contributed by atoms with Crippen molar-refractivity contribution in [2.75, 3.05) is 25.2 Å². The van der Waals surface area contributed by atoms with Crippen molar-refractivity contribution >= 4 is 29.2 Å². The van der Waals surface area contributed by atoms with Crippen LogP contribution in [0.15, 0.2) is 36.4 Å². The molecule has 8 heteroatoms. The molecule has 2 aromatic rings. The predicted molar refractivity (Wildman–Crippen MR) is 119 cm³/mol. The van der Waals surface area contributed by atoms with E-state index in [0.717, 1.165) is 16.9 Å². The van der Waals surface area contributed by atoms with Crippen molar-refractivity contribution in [1.82, 2.24) is 10.2 Å². The standard InChI is InChI=1S/C23H26ClN3O4/c1-15-3-5-17(24)12-18(15)26-22(29)27-9-7-23(2,8-10-27)21(28)25-13-16-4-6-19-20(11-16)31-14-30-19/h3-6,11-12H,7-10,13-14H2,1-2H3,(H,25,28)(H,26,29). The second-order valence-electron chi connectivity index (χ2n) is 8.31. The van der Waals surface area contributed by atoms with E-state index in [4.69, 9.17) is 21.1 Å². The van der Waals surface area contributed by atoms with E-state index in [1.54, 1.807) is 17.0 Å². The van der Waals surface area contributed by atoms with E-state index in [0.29, 0.717) is 48.9 Å². The number of likely N-dealkylation sites (tertiary alicyclic amines) is 1. The van der Waals surface area contributed by atoms with Gasteiger partial charge in [0.05, 0.1) is 0 Å². The minimum atomic E-state index is -0.515. The molecule has 2 heterocycles. The molecule has 3 amide bonds. The van der Waals surface area contributed by atoms with Gasteiger partial charge in [0.25, 0.3) is 0 Å². The molecule has 4 rings (SSSR count). The third kappa shape index (κ3) is 4.71. The summed E-state index contributed by atoms with van der Waals surface area (Å²) in [5.74, 6) is 1.42. The van der Waals surface area contributed by atoms with Gasteiger partial charge >= 0.3 is 6.03 Å². The largest absolute Gasteiger partial charge is 0.454 e. The molecule has 2 N–H and O–H groups in total. The van der Waals surface area contributed by atoms with E-state index in [-0.39, 0.29) is 18.7 Å². The van der Waals surface area contributed by atoms with E-state index in [9.17, 15) is 9.59 Å². The fourth-order valence-electron chi connectivity index (χ4n) is 3.80. The maximum atomic E-state index is 12.9. The van der Waals surface area contributed by atoms with Crippen LogP contribution in [0.4, 0.5) is 10.5 Å². The third-order valence-electron chi connectivity index (χ3n) is 6.03. The highest BCUT2D eigenvalue weighted by Crippen LogP contribution is 2.34. The van der Waals surface area contributed by atoms with Crippen LogP contribution < -0.4 is 20.1 Å². The van der Waals surface area contributed by atoms with Crippen LogP contribution in [0.25, 0.3) is 0 Å². The van der Waals surface area contributed by atoms with Gasteiger partial charge in [-0.2, -0.15) is 0 Å². The van der Waals surface area contributed by atoms with Gasteiger partial charge < -0.3 is 25.0 Å². The number of anilines is 1. The Kier molecular flexibility index (Phi) is 5.96. The summed E-state index contributed by atoms with van der Waals surface area (Å²) in [5, 5.41) is 6.53. The number of urea groups is 1. The van der Waals surface area contributed by atoms with Crippen LogP contribution in [-0.2, 0) is 11.3 Å². The highest BCUT2D eigenvalue weighted by atomic mass is 35.5. The van der Waals surface area contributed by atoms with Crippen molar-refractivity contribution in [3.63, 3.8) is 0 Å². The number of rotatable bonds is 4. The number of nitrogens with one attached hydrogen (secondary N) is 2. The Hall–Kier alpha value is -2.93. The van der Waals surface area contributed by atoms with Crippen LogP contribution in [0.1, 0.15) is 30.9 Å². The first-order valence-corrected chi connectivity index (χ1v) is 10.7. The van der Waals surface area contributed by atoms with E-state index in [1.165, 1.54) is 0 Å². The topological polar surface area (TPSA) is 79.9 Å². The molecule has 0 saturated carbocycles. The van der Waals surface area contributed by atoms with Crippen molar-refractivity contribution in [1.29, 1.82) is 0 Å². The minimum Gasteiger partial charge on any atom is -0.454 e. The van der Waals surface area contributed by atoms with Crippen LogP contribution in [0.3, 0.4) is 0 Å². The average Bonchev–Trinajstić information content (AvgIpc) is 3.23. The number of nitrogens with zero attached hydrogens (tertiary/aromatic N) is 1. The maximum absolute atomic E-state index is 12.9. The Morgan fingerprint density at radius 1 is 1.10 bits per heavy atom. The SMILES string of the molecule is Cc1ccc(Cl)cc1NC(=O)N1CCC(C)(C(=O)NCc2ccc3c(c2)OCO3)CC1. The number of benzene rings is 2. The fourth-order valence-corrected chi connectivity index (χ4v) is 3.97. The van der Waals surface area contributed by atoms with Crippen LogP contribution in [0.2, 0.25) is 5.02 Å². The van der Waals surface area contributed by atoms with Gasteiger partial charge in [-0.1, -0.05) is 30.7 Å². The highest BCUT2D eigenvalue weighted by molar-refractivity contribution is 6.31. The van der Waals surface area contributed by atoms with Crippen LogP contribution in [0.5, 0.6) is 11.5 Å². The van der Waals surface area contributed by atoms with Gasteiger partial charge in [-0.25, -0.2) is 4.79 Å². The molecular formula is C23H26ClN3O4. The Morgan fingerprint density at radius 3 is 2.61 bits per heavy atom. The summed E-state index contributed by atoms with van der Waals surface area (Å²) in [6.45, 7) is 5.55. The van der Waals surface area contributed by atoms with Gasteiger partial charge in [0.15, 0.2) is 11.5 Å². The number of piperidine rings is 1. The summed E-state index contributed by atoms with van der Waals surface area (Å²) in [5.41, 5.74) is 2.09. The summed E-state index contributed by atoms with van der Waals surface area (Å²) >= 11 is 6.04. The quantitative estimate of drug-likeness (QED) is 0.737. The second-order valence-corrected chi connectivity index (χ2v) is 8.74. The molecule has 1 saturated heterocycles. The lowest BCUT2D eigenvalue weighted by atomic mass is 9.79. The molecule has 0 aliphatic carbocycles. The number of fused-ring (bicyclic) bond motifs is 1. The molecular weight excluding hydrogens is 418 g/mol. The molecule has 164 valence electrons. The van der Waals surface area contributed by atoms with Gasteiger partial charge in [0, 0.05) is 35.8 Å². The Labute approximate surface area is 186 Å². The van der Waals surface area contributed by atoms with Crippen LogP contribution >= 0.6 is 11.6 Å². The lowest BCUT2D eigenvalue weighted by Crippen LogP contribution is -2.49. The summed E-state index contributed by atoms with van der Waals surface area (Å²) in [4.78, 5) is 27.3. The lowest BCUT2D eigenvalue weighted by Gasteiger charge is -2.38. The van der Waals surface area contributed by atoms with Gasteiger partial charge in [-0.05, 0) is 55.2 Å². The molecule has 0 unspecified atom stereocenters. The molecule has 2 aromatic carbocycles. The molecule has 0 aromatic heterocycles. The molecule has 31 heavy (non-hydrogen) atoms.